The van der Waals surface area contributed by atoms with Crippen LogP contribution in [0.4, 0.5) is 0 Å². The van der Waals surface area contributed by atoms with Crippen molar-refractivity contribution in [3.8, 4) is 11.4 Å². The van der Waals surface area contributed by atoms with Crippen molar-refractivity contribution in [1.29, 1.82) is 0 Å². The molecule has 2 aromatic carbocycles. The molecule has 0 amide bonds. The minimum absolute atomic E-state index is 0.329. The van der Waals surface area contributed by atoms with Gasteiger partial charge in [0, 0.05) is 10.7 Å². The van der Waals surface area contributed by atoms with Crippen molar-refractivity contribution < 1.29 is 4.74 Å². The third kappa shape index (κ3) is 2.81. The molecule has 0 unspecified atom stereocenters. The first-order valence-electron chi connectivity index (χ1n) is 6.15. The maximum absolute atomic E-state index is 5.92. The normalized spacial score (nSPS) is 10.4. The molecule has 20 heavy (non-hydrogen) atoms. The van der Waals surface area contributed by atoms with Crippen molar-refractivity contribution in [2.24, 2.45) is 0 Å². The van der Waals surface area contributed by atoms with Gasteiger partial charge in [0.1, 0.15) is 18.7 Å². The summed E-state index contributed by atoms with van der Waals surface area (Å²) >= 11 is 5.92. The fourth-order valence-corrected chi connectivity index (χ4v) is 2.05. The molecule has 1 aromatic heterocycles. The highest BCUT2D eigenvalue weighted by molar-refractivity contribution is 6.30. The van der Waals surface area contributed by atoms with Crippen LogP contribution in [0.2, 0.25) is 5.02 Å². The third-order valence-corrected chi connectivity index (χ3v) is 3.05. The molecule has 0 fully saturated rings. The molecule has 100 valence electrons. The Kier molecular flexibility index (Phi) is 3.65. The average molecular weight is 286 g/mol. The van der Waals surface area contributed by atoms with Crippen LogP contribution in [0.15, 0.2) is 60.9 Å². The Morgan fingerprint density at radius 3 is 2.70 bits per heavy atom. The van der Waals surface area contributed by atoms with Crippen LogP contribution < -0.4 is 4.74 Å². The van der Waals surface area contributed by atoms with Gasteiger partial charge in [-0.3, -0.25) is 4.57 Å². The standard InChI is InChI=1S/C15H12ClN3O/c16-12-5-4-8-14(9-12)20-10-15-18-17-11-19(15)13-6-2-1-3-7-13/h1-9,11H,10H2. The highest BCUT2D eigenvalue weighted by Gasteiger charge is 2.07. The summed E-state index contributed by atoms with van der Waals surface area (Å²) in [4.78, 5) is 0. The molecule has 0 spiro atoms. The second kappa shape index (κ2) is 5.75. The number of hydrogen-bond donors (Lipinski definition) is 0. The Bertz CT molecular complexity index is 697. The number of benzene rings is 2. The van der Waals surface area contributed by atoms with Crippen LogP contribution >= 0.6 is 11.6 Å². The molecule has 0 atom stereocenters. The Morgan fingerprint density at radius 2 is 1.90 bits per heavy atom. The molecular formula is C15H12ClN3O. The maximum Gasteiger partial charge on any atom is 0.175 e. The monoisotopic (exact) mass is 285 g/mol. The second-order valence-corrected chi connectivity index (χ2v) is 4.64. The first kappa shape index (κ1) is 12.7. The molecule has 0 aliphatic heterocycles. The molecule has 0 bridgehead atoms. The van der Waals surface area contributed by atoms with Crippen molar-refractivity contribution in [1.82, 2.24) is 14.8 Å². The highest BCUT2D eigenvalue weighted by atomic mass is 35.5. The zero-order chi connectivity index (χ0) is 13.8. The smallest absolute Gasteiger partial charge is 0.175 e. The average Bonchev–Trinajstić information content (AvgIpc) is 2.95. The van der Waals surface area contributed by atoms with Crippen LogP contribution in [-0.4, -0.2) is 14.8 Å². The number of aromatic nitrogens is 3. The molecule has 0 N–H and O–H groups in total. The van der Waals surface area contributed by atoms with E-state index in [1.807, 2.05) is 47.0 Å². The number of nitrogens with zero attached hydrogens (tertiary/aromatic N) is 3. The zero-order valence-electron chi connectivity index (χ0n) is 10.6. The summed E-state index contributed by atoms with van der Waals surface area (Å²) in [6, 6.07) is 17.2. The van der Waals surface area contributed by atoms with Crippen LogP contribution in [0.3, 0.4) is 0 Å². The van der Waals surface area contributed by atoms with Crippen LogP contribution in [0, 0.1) is 0 Å². The summed E-state index contributed by atoms with van der Waals surface area (Å²) in [5.41, 5.74) is 1.00. The Labute approximate surface area is 121 Å². The summed E-state index contributed by atoms with van der Waals surface area (Å²) in [6.45, 7) is 0.329. The summed E-state index contributed by atoms with van der Waals surface area (Å²) < 4.78 is 7.58. The van der Waals surface area contributed by atoms with Gasteiger partial charge < -0.3 is 4.74 Å². The molecule has 3 rings (SSSR count). The van der Waals surface area contributed by atoms with E-state index in [0.29, 0.717) is 17.4 Å². The van der Waals surface area contributed by atoms with Gasteiger partial charge in [-0.05, 0) is 30.3 Å². The minimum Gasteiger partial charge on any atom is -0.486 e. The molecular weight excluding hydrogens is 274 g/mol. The third-order valence-electron chi connectivity index (χ3n) is 2.82. The first-order chi connectivity index (χ1) is 9.83. The van der Waals surface area contributed by atoms with Gasteiger partial charge in [0.15, 0.2) is 5.82 Å². The number of ether oxygens (including phenoxy) is 1. The van der Waals surface area contributed by atoms with Gasteiger partial charge in [-0.15, -0.1) is 10.2 Å². The lowest BCUT2D eigenvalue weighted by Gasteiger charge is -2.08. The Morgan fingerprint density at radius 1 is 1.05 bits per heavy atom. The summed E-state index contributed by atoms with van der Waals surface area (Å²) in [5.74, 6) is 1.44. The fourth-order valence-electron chi connectivity index (χ4n) is 1.87. The Hall–Kier alpha value is -2.33. The van der Waals surface area contributed by atoms with Crippen molar-refractivity contribution in [2.75, 3.05) is 0 Å². The molecule has 0 saturated carbocycles. The molecule has 3 aromatic rings. The number of hydrogen-bond acceptors (Lipinski definition) is 3. The van der Waals surface area contributed by atoms with Gasteiger partial charge in [-0.25, -0.2) is 0 Å². The van der Waals surface area contributed by atoms with Crippen molar-refractivity contribution in [3.05, 3.63) is 71.8 Å². The quantitative estimate of drug-likeness (QED) is 0.736. The molecule has 5 heteroatoms. The lowest BCUT2D eigenvalue weighted by atomic mass is 10.3. The van der Waals surface area contributed by atoms with E-state index < -0.39 is 0 Å². The minimum atomic E-state index is 0.329. The predicted molar refractivity (Wildman–Crippen MR) is 77.1 cm³/mol. The number of halogens is 1. The second-order valence-electron chi connectivity index (χ2n) is 4.20. The van der Waals surface area contributed by atoms with Gasteiger partial charge in [0.25, 0.3) is 0 Å². The van der Waals surface area contributed by atoms with Crippen LogP contribution in [0.5, 0.6) is 5.75 Å². The van der Waals surface area contributed by atoms with E-state index in [4.69, 9.17) is 16.3 Å². The van der Waals surface area contributed by atoms with E-state index in [-0.39, 0.29) is 0 Å². The summed E-state index contributed by atoms with van der Waals surface area (Å²) in [6.07, 6.45) is 1.67. The molecule has 0 radical (unpaired) electrons. The molecule has 0 aliphatic carbocycles. The van der Waals surface area contributed by atoms with E-state index in [9.17, 15) is 0 Å². The highest BCUT2D eigenvalue weighted by Crippen LogP contribution is 2.18. The Balaban J connectivity index is 1.78. The molecule has 0 aliphatic rings. The van der Waals surface area contributed by atoms with Gasteiger partial charge in [-0.1, -0.05) is 35.9 Å². The summed E-state index contributed by atoms with van der Waals surface area (Å²) in [5, 5.41) is 8.67. The van der Waals surface area contributed by atoms with Gasteiger partial charge in [0.2, 0.25) is 0 Å². The van der Waals surface area contributed by atoms with E-state index in [2.05, 4.69) is 10.2 Å². The van der Waals surface area contributed by atoms with Crippen LogP contribution in [-0.2, 0) is 6.61 Å². The van der Waals surface area contributed by atoms with E-state index in [1.165, 1.54) is 0 Å². The van der Waals surface area contributed by atoms with Crippen molar-refractivity contribution in [2.45, 2.75) is 6.61 Å². The van der Waals surface area contributed by atoms with E-state index in [0.717, 1.165) is 11.5 Å². The molecule has 1 heterocycles. The van der Waals surface area contributed by atoms with Gasteiger partial charge in [-0.2, -0.15) is 0 Å². The largest absolute Gasteiger partial charge is 0.486 e. The number of rotatable bonds is 4. The van der Waals surface area contributed by atoms with Crippen molar-refractivity contribution in [3.63, 3.8) is 0 Å². The lowest BCUT2D eigenvalue weighted by Crippen LogP contribution is -2.04. The fraction of sp³-hybridized carbons (Fsp3) is 0.0667. The SMILES string of the molecule is Clc1cccc(OCc2nncn2-c2ccccc2)c1. The molecule has 0 saturated heterocycles. The van der Waals surface area contributed by atoms with E-state index >= 15 is 0 Å². The van der Waals surface area contributed by atoms with Gasteiger partial charge >= 0.3 is 0 Å². The zero-order valence-corrected chi connectivity index (χ0v) is 11.4. The first-order valence-corrected chi connectivity index (χ1v) is 6.53. The number of para-hydroxylation sites is 1. The maximum atomic E-state index is 5.92. The topological polar surface area (TPSA) is 39.9 Å². The van der Waals surface area contributed by atoms with Crippen LogP contribution in [0.25, 0.3) is 5.69 Å². The predicted octanol–water partition coefficient (Wildman–Crippen LogP) is 3.50. The van der Waals surface area contributed by atoms with E-state index in [1.54, 1.807) is 18.5 Å². The molecule has 4 nitrogen and oxygen atoms in total. The van der Waals surface area contributed by atoms with Gasteiger partial charge in [0.05, 0.1) is 0 Å². The summed E-state index contributed by atoms with van der Waals surface area (Å²) in [7, 11) is 0. The van der Waals surface area contributed by atoms with Crippen molar-refractivity contribution >= 4 is 11.6 Å². The van der Waals surface area contributed by atoms with Crippen LogP contribution in [0.1, 0.15) is 5.82 Å². The lowest BCUT2D eigenvalue weighted by molar-refractivity contribution is 0.293.